The van der Waals surface area contributed by atoms with Gasteiger partial charge < -0.3 is 10.2 Å². The average molecular weight is 315 g/mol. The van der Waals surface area contributed by atoms with Crippen molar-refractivity contribution in [2.75, 3.05) is 33.3 Å². The Balaban J connectivity index is 0.00000361. The maximum absolute atomic E-state index is 5.66. The van der Waals surface area contributed by atoms with Gasteiger partial charge in [0.25, 0.3) is 0 Å². The zero-order valence-electron chi connectivity index (χ0n) is 12.3. The monoisotopic (exact) mass is 314 g/mol. The van der Waals surface area contributed by atoms with Crippen LogP contribution in [0.15, 0.2) is 36.4 Å². The van der Waals surface area contributed by atoms with Gasteiger partial charge in [-0.15, -0.1) is 12.4 Å². The molecule has 1 aromatic carbocycles. The zero-order chi connectivity index (χ0) is 13.8. The Morgan fingerprint density at radius 1 is 1.25 bits per heavy atom. The van der Waals surface area contributed by atoms with Crippen LogP contribution in [0.5, 0.6) is 0 Å². The molecule has 0 aliphatic rings. The zero-order valence-corrected chi connectivity index (χ0v) is 14.6. The van der Waals surface area contributed by atoms with E-state index in [1.165, 1.54) is 18.0 Å². The van der Waals surface area contributed by atoms with Gasteiger partial charge in [0.2, 0.25) is 0 Å². The van der Waals surface area contributed by atoms with Gasteiger partial charge in [-0.1, -0.05) is 42.5 Å². The van der Waals surface area contributed by atoms with Crippen LogP contribution in [0.4, 0.5) is 0 Å². The molecule has 0 atom stereocenters. The molecule has 0 bridgehead atoms. The van der Waals surface area contributed by atoms with Crippen molar-refractivity contribution in [3.05, 3.63) is 42.0 Å². The summed E-state index contributed by atoms with van der Waals surface area (Å²) in [5.41, 5.74) is 6.91. The number of benzene rings is 1. The maximum Gasteiger partial charge on any atom is 0.161 e. The van der Waals surface area contributed by atoms with E-state index in [-0.39, 0.29) is 22.2 Å². The molecular weight excluding hydrogens is 288 g/mol. The minimum absolute atomic E-state index is 0. The number of hydrogen-bond donors (Lipinski definition) is 1. The minimum atomic E-state index is -0.272. The minimum Gasteiger partial charge on any atom is -0.427 e. The molecule has 0 spiro atoms. The number of nitrogens with zero attached hydrogens (tertiary/aromatic N) is 1. The molecule has 1 aromatic rings. The molecule has 0 heterocycles. The highest BCUT2D eigenvalue weighted by molar-refractivity contribution is 6.26. The summed E-state index contributed by atoms with van der Waals surface area (Å²) >= 11 is 0. The van der Waals surface area contributed by atoms with Crippen LogP contribution in [0, 0.1) is 0 Å². The van der Waals surface area contributed by atoms with Gasteiger partial charge in [0.15, 0.2) is 9.76 Å². The molecule has 0 amide bonds. The van der Waals surface area contributed by atoms with Crippen LogP contribution >= 0.6 is 12.4 Å². The standard InChI is InChI=1S/C15H26N2OSi.ClH/c1-18-19-14-6-12-17(13-10-16)11-5-9-15-7-3-2-4-8-15;/h2-5,7-9H,6,10-14,16,19H2,1H3;1H. The second-order valence-corrected chi connectivity index (χ2v) is 6.29. The highest BCUT2D eigenvalue weighted by Crippen LogP contribution is 2.02. The molecule has 114 valence electrons. The molecule has 20 heavy (non-hydrogen) atoms. The first kappa shape index (κ1) is 19.3. The summed E-state index contributed by atoms with van der Waals surface area (Å²) in [5.74, 6) is 0. The predicted molar refractivity (Wildman–Crippen MR) is 93.2 cm³/mol. The lowest BCUT2D eigenvalue weighted by molar-refractivity contribution is 0.310. The Kier molecular flexibility index (Phi) is 12.9. The summed E-state index contributed by atoms with van der Waals surface area (Å²) in [4.78, 5) is 2.41. The number of rotatable bonds is 10. The van der Waals surface area contributed by atoms with Gasteiger partial charge in [-0.05, 0) is 24.6 Å². The second kappa shape index (κ2) is 13.3. The fourth-order valence-electron chi connectivity index (χ4n) is 1.96. The highest BCUT2D eigenvalue weighted by Gasteiger charge is 2.01. The van der Waals surface area contributed by atoms with Crippen molar-refractivity contribution in [1.82, 2.24) is 4.90 Å². The van der Waals surface area contributed by atoms with E-state index >= 15 is 0 Å². The van der Waals surface area contributed by atoms with Crippen LogP contribution < -0.4 is 5.73 Å². The normalized spacial score (nSPS) is 11.6. The third-order valence-electron chi connectivity index (χ3n) is 2.99. The Labute approximate surface area is 131 Å². The fraction of sp³-hybridized carbons (Fsp3) is 0.467. The summed E-state index contributed by atoms with van der Waals surface area (Å²) in [5, 5.41) is 0. The van der Waals surface area contributed by atoms with Crippen LogP contribution in [0.3, 0.4) is 0 Å². The molecular formula is C15H27ClN2OSi. The lowest BCUT2D eigenvalue weighted by atomic mass is 10.2. The van der Waals surface area contributed by atoms with Crippen molar-refractivity contribution in [2.45, 2.75) is 12.5 Å². The lowest BCUT2D eigenvalue weighted by Crippen LogP contribution is -2.30. The number of nitrogens with two attached hydrogens (primary N) is 1. The van der Waals surface area contributed by atoms with E-state index in [2.05, 4.69) is 41.3 Å². The molecule has 0 saturated heterocycles. The van der Waals surface area contributed by atoms with Gasteiger partial charge in [0.1, 0.15) is 0 Å². The molecule has 0 unspecified atom stereocenters. The summed E-state index contributed by atoms with van der Waals surface area (Å²) in [6, 6.07) is 11.7. The number of hydrogen-bond acceptors (Lipinski definition) is 3. The van der Waals surface area contributed by atoms with Gasteiger partial charge in [-0.25, -0.2) is 0 Å². The van der Waals surface area contributed by atoms with E-state index in [4.69, 9.17) is 10.2 Å². The van der Waals surface area contributed by atoms with Crippen molar-refractivity contribution in [3.8, 4) is 0 Å². The molecule has 0 saturated carbocycles. The van der Waals surface area contributed by atoms with Crippen molar-refractivity contribution >= 4 is 28.2 Å². The highest BCUT2D eigenvalue weighted by atomic mass is 35.5. The SMILES string of the molecule is CO[SiH2]CCCN(CC=Cc1ccccc1)CCN.Cl. The third-order valence-corrected chi connectivity index (χ3v) is 4.19. The van der Waals surface area contributed by atoms with Crippen molar-refractivity contribution in [2.24, 2.45) is 5.73 Å². The van der Waals surface area contributed by atoms with Crippen molar-refractivity contribution in [3.63, 3.8) is 0 Å². The van der Waals surface area contributed by atoms with Crippen LogP contribution in [0.1, 0.15) is 12.0 Å². The Hall–Kier alpha value is -0.653. The average Bonchev–Trinajstić information content (AvgIpc) is 2.44. The van der Waals surface area contributed by atoms with E-state index < -0.39 is 0 Å². The fourth-order valence-corrected chi connectivity index (χ4v) is 2.68. The van der Waals surface area contributed by atoms with Gasteiger partial charge in [-0.2, -0.15) is 0 Å². The van der Waals surface area contributed by atoms with E-state index in [1.807, 2.05) is 13.2 Å². The lowest BCUT2D eigenvalue weighted by Gasteiger charge is -2.19. The number of halogens is 1. The molecule has 0 radical (unpaired) electrons. The first-order valence-electron chi connectivity index (χ1n) is 6.99. The summed E-state index contributed by atoms with van der Waals surface area (Å²) < 4.78 is 5.20. The summed E-state index contributed by atoms with van der Waals surface area (Å²) in [7, 11) is 1.54. The van der Waals surface area contributed by atoms with Crippen LogP contribution in [-0.4, -0.2) is 48.0 Å². The van der Waals surface area contributed by atoms with E-state index in [0.717, 1.165) is 26.2 Å². The molecule has 3 nitrogen and oxygen atoms in total. The van der Waals surface area contributed by atoms with Gasteiger partial charge in [-0.3, -0.25) is 4.90 Å². The topological polar surface area (TPSA) is 38.5 Å². The molecule has 0 fully saturated rings. The quantitative estimate of drug-likeness (QED) is 0.530. The van der Waals surface area contributed by atoms with Crippen LogP contribution in [-0.2, 0) is 4.43 Å². The summed E-state index contributed by atoms with van der Waals surface area (Å²) in [6.45, 7) is 3.78. The van der Waals surface area contributed by atoms with E-state index in [0.29, 0.717) is 0 Å². The van der Waals surface area contributed by atoms with Crippen molar-refractivity contribution in [1.29, 1.82) is 0 Å². The maximum atomic E-state index is 5.66. The first-order chi connectivity index (χ1) is 9.36. The molecule has 0 aliphatic heterocycles. The van der Waals surface area contributed by atoms with Gasteiger partial charge >= 0.3 is 0 Å². The molecule has 0 aromatic heterocycles. The third kappa shape index (κ3) is 9.28. The Morgan fingerprint density at radius 3 is 2.65 bits per heavy atom. The second-order valence-electron chi connectivity index (χ2n) is 4.60. The molecule has 5 heteroatoms. The first-order valence-corrected chi connectivity index (χ1v) is 8.57. The summed E-state index contributed by atoms with van der Waals surface area (Å²) in [6.07, 6.45) is 5.62. The van der Waals surface area contributed by atoms with Crippen LogP contribution in [0.2, 0.25) is 6.04 Å². The Morgan fingerprint density at radius 2 is 2.00 bits per heavy atom. The van der Waals surface area contributed by atoms with E-state index in [9.17, 15) is 0 Å². The largest absolute Gasteiger partial charge is 0.427 e. The smallest absolute Gasteiger partial charge is 0.161 e. The molecule has 1 rings (SSSR count). The van der Waals surface area contributed by atoms with Crippen molar-refractivity contribution < 1.29 is 4.43 Å². The van der Waals surface area contributed by atoms with E-state index in [1.54, 1.807) is 0 Å². The Bertz CT molecular complexity index is 349. The van der Waals surface area contributed by atoms with Gasteiger partial charge in [0.05, 0.1) is 0 Å². The van der Waals surface area contributed by atoms with Crippen LogP contribution in [0.25, 0.3) is 6.08 Å². The molecule has 0 aliphatic carbocycles. The van der Waals surface area contributed by atoms with Gasteiger partial charge in [0, 0.05) is 26.7 Å². The predicted octanol–water partition coefficient (Wildman–Crippen LogP) is 1.92. The molecule has 2 N–H and O–H groups in total.